The Balaban J connectivity index is 2.54. The molecule has 0 spiro atoms. The first-order valence-electron chi connectivity index (χ1n) is 5.17. The molecule has 2 aromatic rings. The van der Waals surface area contributed by atoms with Crippen molar-refractivity contribution >= 4 is 32.7 Å². The Hall–Kier alpha value is -1.42. The molecule has 0 heterocycles. The van der Waals surface area contributed by atoms with Gasteiger partial charge in [0.15, 0.2) is 0 Å². The zero-order valence-corrected chi connectivity index (χ0v) is 10.8. The van der Waals surface area contributed by atoms with Crippen LogP contribution in [-0.2, 0) is 4.74 Å². The van der Waals surface area contributed by atoms with Crippen molar-refractivity contribution < 1.29 is 13.9 Å². The summed E-state index contributed by atoms with van der Waals surface area (Å²) in [5, 5.41) is 1.53. The molecule has 0 unspecified atom stereocenters. The zero-order valence-electron chi connectivity index (χ0n) is 9.17. The van der Waals surface area contributed by atoms with E-state index in [-0.39, 0.29) is 5.82 Å². The molecule has 0 amide bonds. The highest BCUT2D eigenvalue weighted by atomic mass is 79.9. The summed E-state index contributed by atoms with van der Waals surface area (Å²) in [7, 11) is 0. The van der Waals surface area contributed by atoms with Crippen molar-refractivity contribution in [2.24, 2.45) is 0 Å². The lowest BCUT2D eigenvalue weighted by atomic mass is 10.1. The maximum atomic E-state index is 13.2. The predicted octanol–water partition coefficient (Wildman–Crippen LogP) is 3.92. The lowest BCUT2D eigenvalue weighted by molar-refractivity contribution is 0.0526. The van der Waals surface area contributed by atoms with Gasteiger partial charge in [-0.2, -0.15) is 0 Å². The highest BCUT2D eigenvalue weighted by molar-refractivity contribution is 9.10. The molecule has 0 saturated heterocycles. The average molecular weight is 297 g/mol. The predicted molar refractivity (Wildman–Crippen MR) is 67.6 cm³/mol. The summed E-state index contributed by atoms with van der Waals surface area (Å²) in [6, 6.07) is 7.85. The topological polar surface area (TPSA) is 26.3 Å². The van der Waals surface area contributed by atoms with Gasteiger partial charge in [0.05, 0.1) is 12.2 Å². The number of carbonyl (C=O) groups excluding carboxylic acids is 1. The first-order chi connectivity index (χ1) is 8.11. The fourth-order valence-corrected chi connectivity index (χ4v) is 2.21. The minimum atomic E-state index is -0.394. The van der Waals surface area contributed by atoms with E-state index < -0.39 is 5.97 Å². The van der Waals surface area contributed by atoms with Crippen molar-refractivity contribution in [2.45, 2.75) is 6.92 Å². The molecule has 0 aliphatic heterocycles. The van der Waals surface area contributed by atoms with Gasteiger partial charge >= 0.3 is 5.97 Å². The standard InChI is InChI=1S/C13H10BrFO2/c1-2-17-13(16)8-3-4-11-9(5-8)6-10(15)7-12(11)14/h3-7H,2H2,1H3. The third-order valence-electron chi connectivity index (χ3n) is 2.38. The van der Waals surface area contributed by atoms with E-state index in [0.717, 1.165) is 5.39 Å². The minimum Gasteiger partial charge on any atom is -0.462 e. The van der Waals surface area contributed by atoms with Crippen molar-refractivity contribution in [2.75, 3.05) is 6.61 Å². The van der Waals surface area contributed by atoms with Crippen LogP contribution < -0.4 is 0 Å². The largest absolute Gasteiger partial charge is 0.462 e. The molecule has 4 heteroatoms. The lowest BCUT2D eigenvalue weighted by Gasteiger charge is -2.05. The van der Waals surface area contributed by atoms with Crippen LogP contribution in [-0.4, -0.2) is 12.6 Å². The maximum Gasteiger partial charge on any atom is 0.338 e. The van der Waals surface area contributed by atoms with Gasteiger partial charge in [-0.15, -0.1) is 0 Å². The van der Waals surface area contributed by atoms with Gasteiger partial charge in [0.2, 0.25) is 0 Å². The average Bonchev–Trinajstić information content (AvgIpc) is 2.28. The van der Waals surface area contributed by atoms with Gasteiger partial charge in [0.25, 0.3) is 0 Å². The third-order valence-corrected chi connectivity index (χ3v) is 3.03. The van der Waals surface area contributed by atoms with Crippen LogP contribution in [0.25, 0.3) is 10.8 Å². The summed E-state index contributed by atoms with van der Waals surface area (Å²) in [5.41, 5.74) is 0.428. The first-order valence-corrected chi connectivity index (χ1v) is 5.97. The Kier molecular flexibility index (Phi) is 3.43. The number of hydrogen-bond acceptors (Lipinski definition) is 2. The van der Waals surface area contributed by atoms with Crippen LogP contribution in [0.3, 0.4) is 0 Å². The molecule has 0 fully saturated rings. The van der Waals surface area contributed by atoms with Crippen LogP contribution in [0, 0.1) is 5.82 Å². The van der Waals surface area contributed by atoms with Gasteiger partial charge in [0, 0.05) is 4.47 Å². The summed E-state index contributed by atoms with van der Waals surface area (Å²) in [6.45, 7) is 2.07. The second kappa shape index (κ2) is 4.84. The molecule has 2 nitrogen and oxygen atoms in total. The Bertz CT molecular complexity index is 581. The normalized spacial score (nSPS) is 10.5. The number of benzene rings is 2. The van der Waals surface area contributed by atoms with Crippen LogP contribution in [0.4, 0.5) is 4.39 Å². The van der Waals surface area contributed by atoms with Gasteiger partial charge in [-0.1, -0.05) is 22.0 Å². The molecule has 0 aliphatic rings. The van der Waals surface area contributed by atoms with Gasteiger partial charge in [-0.05, 0) is 42.0 Å². The summed E-state index contributed by atoms with van der Waals surface area (Å²) in [4.78, 5) is 11.5. The van der Waals surface area contributed by atoms with Crippen molar-refractivity contribution in [3.05, 3.63) is 46.2 Å². The van der Waals surface area contributed by atoms with E-state index >= 15 is 0 Å². The van der Waals surface area contributed by atoms with Crippen LogP contribution >= 0.6 is 15.9 Å². The summed E-state index contributed by atoms with van der Waals surface area (Å²) in [5.74, 6) is -0.736. The van der Waals surface area contributed by atoms with E-state index in [4.69, 9.17) is 4.74 Å². The summed E-state index contributed by atoms with van der Waals surface area (Å²) >= 11 is 3.28. The zero-order chi connectivity index (χ0) is 12.4. The fraction of sp³-hybridized carbons (Fsp3) is 0.154. The van der Waals surface area contributed by atoms with E-state index in [9.17, 15) is 9.18 Å². The van der Waals surface area contributed by atoms with Crippen molar-refractivity contribution in [1.29, 1.82) is 0 Å². The Morgan fingerprint density at radius 1 is 1.35 bits per heavy atom. The molecule has 0 radical (unpaired) electrons. The molecule has 17 heavy (non-hydrogen) atoms. The molecular weight excluding hydrogens is 287 g/mol. The van der Waals surface area contributed by atoms with Crippen LogP contribution in [0.5, 0.6) is 0 Å². The fourth-order valence-electron chi connectivity index (χ4n) is 1.63. The quantitative estimate of drug-likeness (QED) is 0.785. The van der Waals surface area contributed by atoms with Crippen LogP contribution in [0.2, 0.25) is 0 Å². The number of rotatable bonds is 2. The van der Waals surface area contributed by atoms with Crippen molar-refractivity contribution in [3.8, 4) is 0 Å². The Labute approximate surface area is 107 Å². The van der Waals surface area contributed by atoms with Crippen molar-refractivity contribution in [3.63, 3.8) is 0 Å². The number of hydrogen-bond donors (Lipinski definition) is 0. The smallest absolute Gasteiger partial charge is 0.338 e. The number of esters is 1. The highest BCUT2D eigenvalue weighted by Crippen LogP contribution is 2.26. The minimum absolute atomic E-state index is 0.323. The molecule has 0 bridgehead atoms. The second-order valence-electron chi connectivity index (χ2n) is 3.54. The summed E-state index contributed by atoms with van der Waals surface area (Å²) in [6.07, 6.45) is 0. The molecule has 0 atom stereocenters. The SMILES string of the molecule is CCOC(=O)c1ccc2c(Br)cc(F)cc2c1. The molecular formula is C13H10BrFO2. The first kappa shape index (κ1) is 12.0. The number of halogens is 2. The van der Waals surface area contributed by atoms with E-state index in [1.54, 1.807) is 25.1 Å². The van der Waals surface area contributed by atoms with E-state index in [1.807, 2.05) is 0 Å². The van der Waals surface area contributed by atoms with E-state index in [1.165, 1.54) is 12.1 Å². The molecule has 0 N–H and O–H groups in total. The van der Waals surface area contributed by atoms with Gasteiger partial charge in [-0.3, -0.25) is 0 Å². The number of fused-ring (bicyclic) bond motifs is 1. The van der Waals surface area contributed by atoms with Gasteiger partial charge < -0.3 is 4.74 Å². The van der Waals surface area contributed by atoms with E-state index in [2.05, 4.69) is 15.9 Å². The molecule has 2 aromatic carbocycles. The molecule has 0 saturated carbocycles. The second-order valence-corrected chi connectivity index (χ2v) is 4.40. The summed E-state index contributed by atoms with van der Waals surface area (Å²) < 4.78 is 18.8. The molecule has 0 aliphatic carbocycles. The number of carbonyl (C=O) groups is 1. The Morgan fingerprint density at radius 2 is 2.12 bits per heavy atom. The maximum absolute atomic E-state index is 13.2. The third kappa shape index (κ3) is 2.47. The monoisotopic (exact) mass is 296 g/mol. The molecule has 0 aromatic heterocycles. The van der Waals surface area contributed by atoms with Gasteiger partial charge in [0.1, 0.15) is 5.82 Å². The van der Waals surface area contributed by atoms with Crippen LogP contribution in [0.1, 0.15) is 17.3 Å². The van der Waals surface area contributed by atoms with Crippen molar-refractivity contribution in [1.82, 2.24) is 0 Å². The highest BCUT2D eigenvalue weighted by Gasteiger charge is 2.09. The van der Waals surface area contributed by atoms with Crippen LogP contribution in [0.15, 0.2) is 34.8 Å². The lowest BCUT2D eigenvalue weighted by Crippen LogP contribution is -2.04. The number of ether oxygens (including phenoxy) is 1. The van der Waals surface area contributed by atoms with Gasteiger partial charge in [-0.25, -0.2) is 9.18 Å². The molecule has 88 valence electrons. The molecule has 2 rings (SSSR count). The van der Waals surface area contributed by atoms with E-state index in [0.29, 0.717) is 22.0 Å². The Morgan fingerprint density at radius 3 is 2.82 bits per heavy atom.